The van der Waals surface area contributed by atoms with E-state index in [0.717, 1.165) is 64.3 Å². The zero-order valence-corrected chi connectivity index (χ0v) is 16.4. The largest absolute Gasteiger partial charge is 0.369 e. The van der Waals surface area contributed by atoms with Gasteiger partial charge in [0, 0.05) is 52.4 Å². The average molecular weight is 381 g/mol. The number of pyridine rings is 1. The van der Waals surface area contributed by atoms with Crippen molar-refractivity contribution in [3.8, 4) is 17.9 Å². The van der Waals surface area contributed by atoms with Gasteiger partial charge in [-0.15, -0.1) is 0 Å². The predicted octanol–water partition coefficient (Wildman–Crippen LogP) is 1.11. The molecule has 0 atom stereocenters. The fourth-order valence-corrected chi connectivity index (χ4v) is 3.60. The van der Waals surface area contributed by atoms with Crippen molar-refractivity contribution >= 4 is 11.6 Å². The van der Waals surface area contributed by atoms with E-state index in [0.29, 0.717) is 12.3 Å². The third-order valence-electron chi connectivity index (χ3n) is 5.31. The Bertz CT molecular complexity index is 763. The number of carbonyl (C=O) groups excluding carboxylic acids is 1. The molecule has 1 aromatic rings. The van der Waals surface area contributed by atoms with Gasteiger partial charge in [-0.1, -0.05) is 11.8 Å². The molecule has 0 unspecified atom stereocenters. The molecule has 7 heteroatoms. The number of hydrogen-bond acceptors (Lipinski definition) is 6. The smallest absolute Gasteiger partial charge is 0.219 e. The lowest BCUT2D eigenvalue weighted by molar-refractivity contribution is -0.130. The van der Waals surface area contributed by atoms with E-state index in [4.69, 9.17) is 4.74 Å². The standard InChI is InChI=1S/C21H27N5O2/c1-18(27)25-14-12-24(13-15-25)9-2-3-16-28-19-6-10-26(11-7-19)21-5-4-8-23-20(21)17-22/h4-5,8,19H,6-7,9-16H2,1H3. The van der Waals surface area contributed by atoms with Crippen LogP contribution in [0.1, 0.15) is 25.5 Å². The number of amides is 1. The van der Waals surface area contributed by atoms with Crippen LogP contribution in [0.2, 0.25) is 0 Å². The molecule has 2 aliphatic heterocycles. The Morgan fingerprint density at radius 2 is 1.96 bits per heavy atom. The Labute approximate surface area is 166 Å². The van der Waals surface area contributed by atoms with Crippen molar-refractivity contribution in [1.29, 1.82) is 5.26 Å². The van der Waals surface area contributed by atoms with Crippen LogP contribution in [0.5, 0.6) is 0 Å². The van der Waals surface area contributed by atoms with E-state index in [9.17, 15) is 10.1 Å². The molecule has 28 heavy (non-hydrogen) atoms. The van der Waals surface area contributed by atoms with Crippen LogP contribution in [0.3, 0.4) is 0 Å². The van der Waals surface area contributed by atoms with E-state index in [1.807, 2.05) is 17.0 Å². The maximum absolute atomic E-state index is 11.3. The first-order valence-corrected chi connectivity index (χ1v) is 9.82. The first kappa shape index (κ1) is 20.1. The highest BCUT2D eigenvalue weighted by molar-refractivity contribution is 5.73. The topological polar surface area (TPSA) is 72.7 Å². The molecule has 0 aliphatic carbocycles. The molecule has 1 aromatic heterocycles. The van der Waals surface area contributed by atoms with Crippen molar-refractivity contribution in [2.24, 2.45) is 0 Å². The Hall–Kier alpha value is -2.61. The van der Waals surface area contributed by atoms with Gasteiger partial charge in [0.25, 0.3) is 0 Å². The lowest BCUT2D eigenvalue weighted by Gasteiger charge is -2.33. The van der Waals surface area contributed by atoms with E-state index in [1.165, 1.54) is 0 Å². The molecule has 0 N–H and O–H groups in total. The van der Waals surface area contributed by atoms with Crippen molar-refractivity contribution in [3.63, 3.8) is 0 Å². The van der Waals surface area contributed by atoms with E-state index in [2.05, 4.69) is 32.7 Å². The maximum atomic E-state index is 11.3. The van der Waals surface area contributed by atoms with Gasteiger partial charge in [-0.25, -0.2) is 4.98 Å². The van der Waals surface area contributed by atoms with E-state index < -0.39 is 0 Å². The first-order chi connectivity index (χ1) is 13.7. The molecular formula is C21H27N5O2. The zero-order chi connectivity index (χ0) is 19.8. The summed E-state index contributed by atoms with van der Waals surface area (Å²) in [7, 11) is 0. The maximum Gasteiger partial charge on any atom is 0.219 e. The fourth-order valence-electron chi connectivity index (χ4n) is 3.60. The molecule has 0 aromatic carbocycles. The van der Waals surface area contributed by atoms with Gasteiger partial charge in [0.2, 0.25) is 5.91 Å². The number of anilines is 1. The van der Waals surface area contributed by atoms with E-state index in [-0.39, 0.29) is 12.0 Å². The fraction of sp³-hybridized carbons (Fsp3) is 0.571. The lowest BCUT2D eigenvalue weighted by Crippen LogP contribution is -2.47. The van der Waals surface area contributed by atoms with Crippen molar-refractivity contribution < 1.29 is 9.53 Å². The van der Waals surface area contributed by atoms with E-state index in [1.54, 1.807) is 13.1 Å². The number of nitrogens with zero attached hydrogens (tertiary/aromatic N) is 5. The summed E-state index contributed by atoms with van der Waals surface area (Å²) < 4.78 is 5.91. The molecule has 2 saturated heterocycles. The summed E-state index contributed by atoms with van der Waals surface area (Å²) in [4.78, 5) is 21.8. The van der Waals surface area contributed by atoms with Gasteiger partial charge in [0.15, 0.2) is 5.69 Å². The van der Waals surface area contributed by atoms with Gasteiger partial charge in [-0.3, -0.25) is 9.69 Å². The lowest BCUT2D eigenvalue weighted by atomic mass is 10.1. The summed E-state index contributed by atoms with van der Waals surface area (Å²) in [5.74, 6) is 6.45. The number of rotatable bonds is 4. The Morgan fingerprint density at radius 1 is 1.21 bits per heavy atom. The quantitative estimate of drug-likeness (QED) is 0.728. The first-order valence-electron chi connectivity index (χ1n) is 9.82. The Kier molecular flexibility index (Phi) is 7.25. The van der Waals surface area contributed by atoms with Crippen molar-refractivity contribution in [3.05, 3.63) is 24.0 Å². The summed E-state index contributed by atoms with van der Waals surface area (Å²) in [6.45, 7) is 7.86. The molecule has 7 nitrogen and oxygen atoms in total. The number of ether oxygens (including phenoxy) is 1. The number of piperazine rings is 1. The van der Waals surface area contributed by atoms with Crippen LogP contribution in [0, 0.1) is 23.2 Å². The molecule has 148 valence electrons. The number of piperidine rings is 1. The predicted molar refractivity (Wildman–Crippen MR) is 107 cm³/mol. The van der Waals surface area contributed by atoms with Crippen LogP contribution in [-0.4, -0.2) is 79.2 Å². The second kappa shape index (κ2) is 10.1. The summed E-state index contributed by atoms with van der Waals surface area (Å²) in [6, 6.07) is 5.98. The molecule has 2 fully saturated rings. The molecule has 0 radical (unpaired) electrons. The minimum absolute atomic E-state index is 0.151. The highest BCUT2D eigenvalue weighted by atomic mass is 16.5. The molecule has 0 bridgehead atoms. The monoisotopic (exact) mass is 381 g/mol. The van der Waals surface area contributed by atoms with Gasteiger partial charge >= 0.3 is 0 Å². The third-order valence-corrected chi connectivity index (χ3v) is 5.31. The molecular weight excluding hydrogens is 354 g/mol. The van der Waals surface area contributed by atoms with Crippen molar-refractivity contribution in [2.75, 3.05) is 57.3 Å². The second-order valence-electron chi connectivity index (χ2n) is 7.12. The molecule has 0 spiro atoms. The minimum Gasteiger partial charge on any atom is -0.369 e. The molecule has 3 heterocycles. The van der Waals surface area contributed by atoms with Gasteiger partial charge < -0.3 is 14.5 Å². The minimum atomic E-state index is 0.151. The summed E-state index contributed by atoms with van der Waals surface area (Å²) in [6.07, 6.45) is 3.72. The van der Waals surface area contributed by atoms with Crippen LogP contribution in [0.25, 0.3) is 0 Å². The summed E-state index contributed by atoms with van der Waals surface area (Å²) in [5.41, 5.74) is 1.39. The number of aromatic nitrogens is 1. The number of nitriles is 1. The SMILES string of the molecule is CC(=O)N1CCN(CC#CCOC2CCN(c3cccnc3C#N)CC2)CC1. The summed E-state index contributed by atoms with van der Waals surface area (Å²) in [5, 5.41) is 9.20. The third kappa shape index (κ3) is 5.45. The van der Waals surface area contributed by atoms with E-state index >= 15 is 0 Å². The Morgan fingerprint density at radius 3 is 2.64 bits per heavy atom. The summed E-state index contributed by atoms with van der Waals surface area (Å²) >= 11 is 0. The van der Waals surface area contributed by atoms with Crippen molar-refractivity contribution in [2.45, 2.75) is 25.9 Å². The zero-order valence-electron chi connectivity index (χ0n) is 16.4. The molecule has 1 amide bonds. The highest BCUT2D eigenvalue weighted by Crippen LogP contribution is 2.23. The molecule has 0 saturated carbocycles. The number of carbonyl (C=O) groups is 1. The second-order valence-corrected chi connectivity index (χ2v) is 7.12. The van der Waals surface area contributed by atoms with Gasteiger partial charge in [-0.05, 0) is 25.0 Å². The van der Waals surface area contributed by atoms with Gasteiger partial charge in [0.1, 0.15) is 12.7 Å². The van der Waals surface area contributed by atoms with Crippen molar-refractivity contribution in [1.82, 2.24) is 14.8 Å². The molecule has 2 aliphatic rings. The van der Waals surface area contributed by atoms with Crippen LogP contribution in [0.4, 0.5) is 5.69 Å². The van der Waals surface area contributed by atoms with Gasteiger partial charge in [0.05, 0.1) is 18.3 Å². The highest BCUT2D eigenvalue weighted by Gasteiger charge is 2.21. The van der Waals surface area contributed by atoms with Crippen LogP contribution >= 0.6 is 0 Å². The molecule has 3 rings (SSSR count). The number of hydrogen-bond donors (Lipinski definition) is 0. The Balaban J connectivity index is 1.34. The van der Waals surface area contributed by atoms with Crippen LogP contribution < -0.4 is 4.90 Å². The normalized spacial score (nSPS) is 18.3. The van der Waals surface area contributed by atoms with Gasteiger partial charge in [-0.2, -0.15) is 5.26 Å². The average Bonchev–Trinajstić information content (AvgIpc) is 2.74. The van der Waals surface area contributed by atoms with Crippen LogP contribution in [-0.2, 0) is 9.53 Å². The van der Waals surface area contributed by atoms with Crippen LogP contribution in [0.15, 0.2) is 18.3 Å².